The standard InChI is InChI=1S/C21H30O6/c1-4-8-18(25-15-7-16-26-20(22)5-2)9-6-10-21(23)27-19-13-11-17(24-3)12-14-19/h5,11-14,18H,2,4,6-10,15-16H2,1,3H3. The van der Waals surface area contributed by atoms with Crippen molar-refractivity contribution in [2.24, 2.45) is 0 Å². The Hall–Kier alpha value is -2.34. The summed E-state index contributed by atoms with van der Waals surface area (Å²) in [7, 11) is 1.59. The molecular formula is C21H30O6. The van der Waals surface area contributed by atoms with Gasteiger partial charge in [0.1, 0.15) is 11.5 Å². The summed E-state index contributed by atoms with van der Waals surface area (Å²) in [4.78, 5) is 22.9. The molecule has 1 unspecified atom stereocenters. The first-order chi connectivity index (χ1) is 13.1. The third-order valence-electron chi connectivity index (χ3n) is 3.86. The Balaban J connectivity index is 2.23. The molecule has 0 amide bonds. The molecule has 6 heteroatoms. The minimum atomic E-state index is -0.421. The number of hydrogen-bond acceptors (Lipinski definition) is 6. The highest BCUT2D eigenvalue weighted by Crippen LogP contribution is 2.18. The van der Waals surface area contributed by atoms with Gasteiger partial charge in [0, 0.05) is 18.9 Å². The van der Waals surface area contributed by atoms with Gasteiger partial charge in [0.05, 0.1) is 26.4 Å². The Kier molecular flexibility index (Phi) is 11.6. The molecule has 0 aliphatic heterocycles. The number of rotatable bonds is 14. The van der Waals surface area contributed by atoms with Crippen molar-refractivity contribution in [2.45, 2.75) is 51.6 Å². The molecule has 6 nitrogen and oxygen atoms in total. The monoisotopic (exact) mass is 378 g/mol. The summed E-state index contributed by atoms with van der Waals surface area (Å²) in [5.74, 6) is 0.548. The van der Waals surface area contributed by atoms with Crippen molar-refractivity contribution in [3.8, 4) is 11.5 Å². The molecular weight excluding hydrogens is 348 g/mol. The maximum Gasteiger partial charge on any atom is 0.330 e. The van der Waals surface area contributed by atoms with Crippen LogP contribution < -0.4 is 9.47 Å². The van der Waals surface area contributed by atoms with E-state index in [2.05, 4.69) is 13.5 Å². The van der Waals surface area contributed by atoms with E-state index in [9.17, 15) is 9.59 Å². The van der Waals surface area contributed by atoms with Crippen molar-refractivity contribution in [3.05, 3.63) is 36.9 Å². The zero-order valence-electron chi connectivity index (χ0n) is 16.3. The average Bonchev–Trinajstić information content (AvgIpc) is 2.68. The van der Waals surface area contributed by atoms with Crippen molar-refractivity contribution in [1.29, 1.82) is 0 Å². The largest absolute Gasteiger partial charge is 0.497 e. The van der Waals surface area contributed by atoms with Gasteiger partial charge in [-0.25, -0.2) is 4.79 Å². The van der Waals surface area contributed by atoms with Crippen LogP contribution in [0.4, 0.5) is 0 Å². The molecule has 27 heavy (non-hydrogen) atoms. The van der Waals surface area contributed by atoms with E-state index in [1.165, 1.54) is 0 Å². The molecule has 0 saturated carbocycles. The predicted octanol–water partition coefficient (Wildman–Crippen LogP) is 4.08. The minimum absolute atomic E-state index is 0.0962. The van der Waals surface area contributed by atoms with Gasteiger partial charge in [-0.3, -0.25) is 4.79 Å². The van der Waals surface area contributed by atoms with E-state index >= 15 is 0 Å². The van der Waals surface area contributed by atoms with Gasteiger partial charge in [0.15, 0.2) is 0 Å². The summed E-state index contributed by atoms with van der Waals surface area (Å²) >= 11 is 0. The fourth-order valence-electron chi connectivity index (χ4n) is 2.47. The van der Waals surface area contributed by atoms with Crippen LogP contribution in [-0.2, 0) is 19.1 Å². The van der Waals surface area contributed by atoms with Crippen LogP contribution in [0, 0.1) is 0 Å². The molecule has 1 aromatic rings. The van der Waals surface area contributed by atoms with Gasteiger partial charge in [-0.2, -0.15) is 0 Å². The zero-order chi connectivity index (χ0) is 19.9. The second-order valence-corrected chi connectivity index (χ2v) is 6.05. The number of carbonyl (C=O) groups is 2. The van der Waals surface area contributed by atoms with Gasteiger partial charge in [-0.15, -0.1) is 0 Å². The summed E-state index contributed by atoms with van der Waals surface area (Å²) in [5, 5.41) is 0. The normalized spacial score (nSPS) is 11.5. The molecule has 0 aromatic heterocycles. The molecule has 1 rings (SSSR count). The van der Waals surface area contributed by atoms with E-state index in [0.717, 1.165) is 25.3 Å². The number of ether oxygens (including phenoxy) is 4. The highest BCUT2D eigenvalue weighted by molar-refractivity contribution is 5.81. The molecule has 1 atom stereocenters. The van der Waals surface area contributed by atoms with Gasteiger partial charge in [-0.05, 0) is 43.5 Å². The van der Waals surface area contributed by atoms with Gasteiger partial charge in [0.2, 0.25) is 0 Å². The number of esters is 2. The van der Waals surface area contributed by atoms with Crippen LogP contribution in [0.3, 0.4) is 0 Å². The van der Waals surface area contributed by atoms with Gasteiger partial charge in [0.25, 0.3) is 0 Å². The molecule has 150 valence electrons. The molecule has 0 N–H and O–H groups in total. The third-order valence-corrected chi connectivity index (χ3v) is 3.86. The summed E-state index contributed by atoms with van der Waals surface area (Å²) in [6, 6.07) is 6.91. The minimum Gasteiger partial charge on any atom is -0.497 e. The second-order valence-electron chi connectivity index (χ2n) is 6.05. The lowest BCUT2D eigenvalue weighted by Gasteiger charge is -2.17. The van der Waals surface area contributed by atoms with E-state index < -0.39 is 5.97 Å². The Bertz CT molecular complexity index is 567. The van der Waals surface area contributed by atoms with Gasteiger partial charge >= 0.3 is 11.9 Å². The van der Waals surface area contributed by atoms with Crippen molar-refractivity contribution in [1.82, 2.24) is 0 Å². The first-order valence-corrected chi connectivity index (χ1v) is 9.34. The van der Waals surface area contributed by atoms with Crippen molar-refractivity contribution in [3.63, 3.8) is 0 Å². The maximum absolute atomic E-state index is 11.9. The molecule has 0 spiro atoms. The smallest absolute Gasteiger partial charge is 0.330 e. The first kappa shape index (κ1) is 22.7. The fourth-order valence-corrected chi connectivity index (χ4v) is 2.47. The number of hydrogen-bond donors (Lipinski definition) is 0. The summed E-state index contributed by atoms with van der Waals surface area (Å²) in [5.41, 5.74) is 0. The van der Waals surface area contributed by atoms with E-state index in [-0.39, 0.29) is 12.1 Å². The van der Waals surface area contributed by atoms with Crippen LogP contribution >= 0.6 is 0 Å². The van der Waals surface area contributed by atoms with Crippen molar-refractivity contribution in [2.75, 3.05) is 20.3 Å². The molecule has 0 heterocycles. The van der Waals surface area contributed by atoms with Crippen LogP contribution in [0.2, 0.25) is 0 Å². The highest BCUT2D eigenvalue weighted by atomic mass is 16.5. The summed E-state index contributed by atoms with van der Waals surface area (Å²) < 4.78 is 21.1. The van der Waals surface area contributed by atoms with Crippen molar-refractivity contribution < 1.29 is 28.5 Å². The number of methoxy groups -OCH3 is 1. The lowest BCUT2D eigenvalue weighted by atomic mass is 10.1. The van der Waals surface area contributed by atoms with E-state index in [1.54, 1.807) is 31.4 Å². The molecule has 0 fully saturated rings. The first-order valence-electron chi connectivity index (χ1n) is 9.34. The van der Waals surface area contributed by atoms with Crippen molar-refractivity contribution >= 4 is 11.9 Å². The summed E-state index contributed by atoms with van der Waals surface area (Å²) in [6.07, 6.45) is 5.64. The topological polar surface area (TPSA) is 71.1 Å². The molecule has 0 radical (unpaired) electrons. The van der Waals surface area contributed by atoms with Crippen LogP contribution in [0.15, 0.2) is 36.9 Å². The van der Waals surface area contributed by atoms with Gasteiger partial charge < -0.3 is 18.9 Å². The fraction of sp³-hybridized carbons (Fsp3) is 0.524. The Morgan fingerprint density at radius 3 is 2.41 bits per heavy atom. The Labute approximate surface area is 161 Å². The van der Waals surface area contributed by atoms with E-state index in [4.69, 9.17) is 18.9 Å². The predicted molar refractivity (Wildman–Crippen MR) is 103 cm³/mol. The summed E-state index contributed by atoms with van der Waals surface area (Å²) in [6.45, 7) is 6.28. The van der Waals surface area contributed by atoms with E-state index in [1.807, 2.05) is 0 Å². The Morgan fingerprint density at radius 2 is 1.78 bits per heavy atom. The van der Waals surface area contributed by atoms with Crippen LogP contribution in [0.1, 0.15) is 45.4 Å². The van der Waals surface area contributed by atoms with Gasteiger partial charge in [-0.1, -0.05) is 19.9 Å². The average molecular weight is 378 g/mol. The second kappa shape index (κ2) is 13.8. The molecule has 0 aliphatic carbocycles. The molecule has 0 bridgehead atoms. The zero-order valence-corrected chi connectivity index (χ0v) is 16.3. The number of carbonyl (C=O) groups excluding carboxylic acids is 2. The molecule has 0 aliphatic rings. The Morgan fingerprint density at radius 1 is 1.07 bits per heavy atom. The quantitative estimate of drug-likeness (QED) is 0.210. The van der Waals surface area contributed by atoms with Crippen LogP contribution in [-0.4, -0.2) is 38.4 Å². The highest BCUT2D eigenvalue weighted by Gasteiger charge is 2.11. The SMILES string of the molecule is C=CC(=O)OCCCOC(CCC)CCCC(=O)Oc1ccc(OC)cc1. The number of benzene rings is 1. The van der Waals surface area contributed by atoms with Crippen LogP contribution in [0.5, 0.6) is 11.5 Å². The maximum atomic E-state index is 11.9. The lowest BCUT2D eigenvalue weighted by molar-refractivity contribution is -0.138. The van der Waals surface area contributed by atoms with Crippen LogP contribution in [0.25, 0.3) is 0 Å². The van der Waals surface area contributed by atoms with E-state index in [0.29, 0.717) is 44.0 Å². The lowest BCUT2D eigenvalue weighted by Crippen LogP contribution is -2.16. The third kappa shape index (κ3) is 10.4. The molecule has 0 saturated heterocycles. The molecule has 1 aromatic carbocycles.